The molecule has 0 aliphatic heterocycles. The molecule has 0 unspecified atom stereocenters. The molecule has 40 heavy (non-hydrogen) atoms. The van der Waals surface area contributed by atoms with Crippen molar-refractivity contribution in [1.29, 1.82) is 0 Å². The first-order valence-corrected chi connectivity index (χ1v) is 14.3. The first kappa shape index (κ1) is 27.4. The van der Waals surface area contributed by atoms with Crippen molar-refractivity contribution in [3.8, 4) is 16.9 Å². The van der Waals surface area contributed by atoms with E-state index in [9.17, 15) is 13.2 Å². The monoisotopic (exact) mass is 574 g/mol. The van der Waals surface area contributed by atoms with Gasteiger partial charge in [-0.2, -0.15) is 4.31 Å². The number of carbonyl (C=O) groups excluding carboxylic acids is 1. The van der Waals surface area contributed by atoms with Gasteiger partial charge in [-0.15, -0.1) is 0 Å². The molecule has 10 heteroatoms. The highest BCUT2D eigenvalue weighted by atomic mass is 35.5. The Morgan fingerprint density at radius 1 is 0.975 bits per heavy atom. The number of hydrogen-bond donors (Lipinski definition) is 1. The minimum absolute atomic E-state index is 0.0132. The van der Waals surface area contributed by atoms with Gasteiger partial charge in [0.2, 0.25) is 21.9 Å². The van der Waals surface area contributed by atoms with Crippen molar-refractivity contribution < 1.29 is 17.6 Å². The Bertz CT molecular complexity index is 1730. The van der Waals surface area contributed by atoms with Gasteiger partial charge < -0.3 is 4.42 Å². The van der Waals surface area contributed by atoms with Crippen molar-refractivity contribution in [3.05, 3.63) is 119 Å². The zero-order valence-corrected chi connectivity index (χ0v) is 23.5. The molecule has 3 aromatic carbocycles. The molecule has 0 spiro atoms. The zero-order chi connectivity index (χ0) is 28.3. The molecule has 0 atom stereocenters. The minimum atomic E-state index is -4.07. The summed E-state index contributed by atoms with van der Waals surface area (Å²) in [6, 6.07) is 24.7. The van der Waals surface area contributed by atoms with Gasteiger partial charge in [-0.3, -0.25) is 14.7 Å². The van der Waals surface area contributed by atoms with Gasteiger partial charge in [0, 0.05) is 22.5 Å². The maximum Gasteiger partial charge on any atom is 0.243 e. The number of sulfonamides is 1. The molecule has 0 aliphatic rings. The predicted molar refractivity (Wildman–Crippen MR) is 155 cm³/mol. The van der Waals surface area contributed by atoms with Crippen molar-refractivity contribution in [2.75, 3.05) is 11.9 Å². The van der Waals surface area contributed by atoms with Crippen molar-refractivity contribution in [2.24, 2.45) is 0 Å². The summed E-state index contributed by atoms with van der Waals surface area (Å²) in [5, 5.41) is 3.24. The van der Waals surface area contributed by atoms with Crippen LogP contribution in [-0.4, -0.2) is 34.7 Å². The second-order valence-corrected chi connectivity index (χ2v) is 11.7. The Labute approximate surface area is 237 Å². The van der Waals surface area contributed by atoms with E-state index >= 15 is 0 Å². The first-order chi connectivity index (χ1) is 19.2. The van der Waals surface area contributed by atoms with Crippen LogP contribution in [0.2, 0.25) is 5.02 Å². The third-order valence-electron chi connectivity index (χ3n) is 6.48. The number of rotatable bonds is 9. The molecule has 5 rings (SSSR count). The molecule has 0 aliphatic carbocycles. The lowest BCUT2D eigenvalue weighted by Gasteiger charge is -2.21. The van der Waals surface area contributed by atoms with E-state index in [-0.39, 0.29) is 17.4 Å². The van der Waals surface area contributed by atoms with Crippen LogP contribution in [0.5, 0.6) is 0 Å². The zero-order valence-electron chi connectivity index (χ0n) is 21.9. The van der Waals surface area contributed by atoms with Crippen LogP contribution in [-0.2, 0) is 21.4 Å². The highest BCUT2D eigenvalue weighted by Gasteiger charge is 2.28. The summed E-state index contributed by atoms with van der Waals surface area (Å²) in [4.78, 5) is 18.1. The number of aryl methyl sites for hydroxylation is 2. The topological polar surface area (TPSA) is 97.4 Å². The Morgan fingerprint density at radius 2 is 1.73 bits per heavy atom. The number of aromatic nitrogens is 2. The van der Waals surface area contributed by atoms with E-state index in [4.69, 9.17) is 21.0 Å². The van der Waals surface area contributed by atoms with Crippen LogP contribution in [0.3, 0.4) is 0 Å². The molecule has 2 heterocycles. The lowest BCUT2D eigenvalue weighted by molar-refractivity contribution is -0.116. The normalized spacial score (nSPS) is 11.6. The van der Waals surface area contributed by atoms with Gasteiger partial charge in [-0.25, -0.2) is 13.4 Å². The fourth-order valence-electron chi connectivity index (χ4n) is 4.17. The fraction of sp³-hybridized carbons (Fsp3) is 0.133. The number of amides is 1. The maximum absolute atomic E-state index is 13.5. The largest absolute Gasteiger partial charge is 0.468 e. The highest BCUT2D eigenvalue weighted by molar-refractivity contribution is 7.89. The van der Waals surface area contributed by atoms with Crippen LogP contribution in [0.1, 0.15) is 16.9 Å². The van der Waals surface area contributed by atoms with Gasteiger partial charge in [0.15, 0.2) is 0 Å². The molecule has 2 aromatic heterocycles. The molecule has 0 radical (unpaired) electrons. The van der Waals surface area contributed by atoms with Gasteiger partial charge in [-0.1, -0.05) is 48.0 Å². The molecule has 0 saturated carbocycles. The maximum atomic E-state index is 13.5. The van der Waals surface area contributed by atoms with Crippen molar-refractivity contribution in [3.63, 3.8) is 0 Å². The van der Waals surface area contributed by atoms with Crippen LogP contribution in [0, 0.1) is 13.8 Å². The lowest BCUT2D eigenvalue weighted by Crippen LogP contribution is -2.37. The summed E-state index contributed by atoms with van der Waals surface area (Å²) in [7, 11) is -4.07. The average molecular weight is 575 g/mol. The minimum Gasteiger partial charge on any atom is -0.468 e. The van der Waals surface area contributed by atoms with Crippen LogP contribution in [0.15, 0.2) is 107 Å². The van der Waals surface area contributed by atoms with Crippen molar-refractivity contribution in [2.45, 2.75) is 25.3 Å². The SMILES string of the molecule is Cc1ccc(-n2cc(-c3ccccc3)nc2NC(=O)CN(Cc2ccco2)S(=O)(=O)c2ccc(Cl)cc2)cc1C. The number of imidazole rings is 1. The van der Waals surface area contributed by atoms with E-state index in [0.29, 0.717) is 16.5 Å². The van der Waals surface area contributed by atoms with E-state index in [1.165, 1.54) is 30.5 Å². The third kappa shape index (κ3) is 6.02. The first-order valence-electron chi connectivity index (χ1n) is 12.5. The number of carbonyl (C=O) groups is 1. The Morgan fingerprint density at radius 3 is 2.40 bits per heavy atom. The van der Waals surface area contributed by atoms with Crippen LogP contribution < -0.4 is 5.32 Å². The van der Waals surface area contributed by atoms with Crippen molar-refractivity contribution >= 4 is 33.5 Å². The van der Waals surface area contributed by atoms with Gasteiger partial charge in [0.25, 0.3) is 0 Å². The van der Waals surface area contributed by atoms with Crippen LogP contribution >= 0.6 is 11.6 Å². The van der Waals surface area contributed by atoms with Gasteiger partial charge >= 0.3 is 0 Å². The molecular formula is C30H27ClN4O4S. The molecule has 0 fully saturated rings. The molecule has 1 amide bonds. The third-order valence-corrected chi connectivity index (χ3v) is 8.54. The number of furan rings is 1. The summed E-state index contributed by atoms with van der Waals surface area (Å²) in [5.41, 5.74) is 4.58. The summed E-state index contributed by atoms with van der Waals surface area (Å²) in [5.74, 6) is 0.113. The number of anilines is 1. The van der Waals surface area contributed by atoms with Crippen LogP contribution in [0.4, 0.5) is 5.95 Å². The lowest BCUT2D eigenvalue weighted by atomic mass is 10.1. The molecule has 0 saturated heterocycles. The Hall–Kier alpha value is -4.18. The number of halogens is 1. The van der Waals surface area contributed by atoms with E-state index in [1.54, 1.807) is 16.7 Å². The fourth-order valence-corrected chi connectivity index (χ4v) is 5.66. The van der Waals surface area contributed by atoms with Gasteiger partial charge in [0.05, 0.1) is 29.9 Å². The standard InChI is InChI=1S/C30H27ClN4O4S/c1-21-10-13-25(17-22(21)2)35-19-28(23-7-4-3-5-8-23)32-30(35)33-29(36)20-34(18-26-9-6-16-39-26)40(37,38)27-14-11-24(31)12-15-27/h3-17,19H,18,20H2,1-2H3,(H,32,33,36). The smallest absolute Gasteiger partial charge is 0.243 e. The highest BCUT2D eigenvalue weighted by Crippen LogP contribution is 2.26. The van der Waals surface area contributed by atoms with E-state index < -0.39 is 22.5 Å². The summed E-state index contributed by atoms with van der Waals surface area (Å²) in [6.45, 7) is 3.44. The van der Waals surface area contributed by atoms with Crippen LogP contribution in [0.25, 0.3) is 16.9 Å². The van der Waals surface area contributed by atoms with E-state index in [0.717, 1.165) is 26.7 Å². The summed E-state index contributed by atoms with van der Waals surface area (Å²) >= 11 is 5.96. The molecule has 0 bridgehead atoms. The number of benzene rings is 3. The molecule has 8 nitrogen and oxygen atoms in total. The Balaban J connectivity index is 1.47. The van der Waals surface area contributed by atoms with E-state index in [1.807, 2.05) is 68.6 Å². The molecule has 204 valence electrons. The predicted octanol–water partition coefficient (Wildman–Crippen LogP) is 6.23. The molecule has 5 aromatic rings. The average Bonchev–Trinajstić information content (AvgIpc) is 3.61. The second kappa shape index (κ2) is 11.5. The molecular weight excluding hydrogens is 548 g/mol. The summed E-state index contributed by atoms with van der Waals surface area (Å²) < 4.78 is 35.3. The quantitative estimate of drug-likeness (QED) is 0.225. The van der Waals surface area contributed by atoms with Gasteiger partial charge in [-0.05, 0) is 73.5 Å². The second-order valence-electron chi connectivity index (χ2n) is 9.31. The number of nitrogens with one attached hydrogen (secondary N) is 1. The number of hydrogen-bond acceptors (Lipinski definition) is 5. The van der Waals surface area contributed by atoms with Crippen molar-refractivity contribution in [1.82, 2.24) is 13.9 Å². The molecule has 1 N–H and O–H groups in total. The number of nitrogens with zero attached hydrogens (tertiary/aromatic N) is 3. The van der Waals surface area contributed by atoms with E-state index in [2.05, 4.69) is 5.32 Å². The summed E-state index contributed by atoms with van der Waals surface area (Å²) in [6.07, 6.45) is 3.30. The Kier molecular flexibility index (Phi) is 7.88. The van der Waals surface area contributed by atoms with Gasteiger partial charge in [0.1, 0.15) is 5.76 Å².